The maximum Gasteiger partial charge on any atom is 0.251 e. The molecule has 0 saturated carbocycles. The number of rotatable bonds is 3. The summed E-state index contributed by atoms with van der Waals surface area (Å²) >= 11 is 0. The lowest BCUT2D eigenvalue weighted by Gasteiger charge is -2.15. The summed E-state index contributed by atoms with van der Waals surface area (Å²) in [6, 6.07) is 11.5. The number of nitrogens with two attached hydrogens (primary N) is 1. The van der Waals surface area contributed by atoms with Gasteiger partial charge in [-0.25, -0.2) is 4.39 Å². The molecule has 1 unspecified atom stereocenters. The molecular formula is C16H17FN2O. The van der Waals surface area contributed by atoms with Crippen LogP contribution in [-0.2, 0) is 0 Å². The lowest BCUT2D eigenvalue weighted by molar-refractivity contribution is 0.0939. The van der Waals surface area contributed by atoms with Crippen LogP contribution in [0.1, 0.15) is 34.5 Å². The Morgan fingerprint density at radius 3 is 2.45 bits per heavy atom. The van der Waals surface area contributed by atoms with Crippen LogP contribution in [0.2, 0.25) is 0 Å². The third-order valence-electron chi connectivity index (χ3n) is 3.11. The van der Waals surface area contributed by atoms with E-state index in [1.165, 1.54) is 18.2 Å². The third-order valence-corrected chi connectivity index (χ3v) is 3.11. The van der Waals surface area contributed by atoms with Crippen molar-refractivity contribution >= 4 is 11.6 Å². The first-order valence-electron chi connectivity index (χ1n) is 6.39. The zero-order valence-electron chi connectivity index (χ0n) is 11.5. The predicted molar refractivity (Wildman–Crippen MR) is 77.9 cm³/mol. The van der Waals surface area contributed by atoms with Crippen LogP contribution in [0.15, 0.2) is 42.5 Å². The molecule has 0 heterocycles. The van der Waals surface area contributed by atoms with Crippen molar-refractivity contribution in [1.82, 2.24) is 5.32 Å². The average Bonchev–Trinajstić information content (AvgIpc) is 2.38. The molecule has 0 radical (unpaired) electrons. The minimum atomic E-state index is -0.516. The first kappa shape index (κ1) is 14.1. The summed E-state index contributed by atoms with van der Waals surface area (Å²) in [6.45, 7) is 3.88. The van der Waals surface area contributed by atoms with Gasteiger partial charge in [0.15, 0.2) is 0 Å². The largest absolute Gasteiger partial charge is 0.399 e. The molecule has 0 aliphatic rings. The molecule has 0 spiro atoms. The van der Waals surface area contributed by atoms with Crippen LogP contribution in [0, 0.1) is 12.7 Å². The van der Waals surface area contributed by atoms with E-state index in [-0.39, 0.29) is 23.2 Å². The number of halogens is 1. The average molecular weight is 272 g/mol. The van der Waals surface area contributed by atoms with Crippen LogP contribution >= 0.6 is 0 Å². The highest BCUT2D eigenvalue weighted by Crippen LogP contribution is 2.15. The second-order valence-electron chi connectivity index (χ2n) is 4.88. The van der Waals surface area contributed by atoms with Crippen molar-refractivity contribution < 1.29 is 9.18 Å². The van der Waals surface area contributed by atoms with Gasteiger partial charge in [0.1, 0.15) is 5.82 Å². The maximum absolute atomic E-state index is 13.2. The molecule has 2 aromatic carbocycles. The van der Waals surface area contributed by atoms with Gasteiger partial charge in [-0.3, -0.25) is 4.79 Å². The number of hydrogen-bond donors (Lipinski definition) is 2. The molecule has 104 valence electrons. The molecule has 3 nitrogen and oxygen atoms in total. The van der Waals surface area contributed by atoms with Crippen molar-refractivity contribution in [1.29, 1.82) is 0 Å². The van der Waals surface area contributed by atoms with Crippen molar-refractivity contribution in [2.45, 2.75) is 19.9 Å². The van der Waals surface area contributed by atoms with Crippen molar-refractivity contribution in [3.05, 3.63) is 65.0 Å². The third kappa shape index (κ3) is 3.35. The highest BCUT2D eigenvalue weighted by atomic mass is 19.1. The van der Waals surface area contributed by atoms with Gasteiger partial charge >= 0.3 is 0 Å². The Bertz CT molecular complexity index is 603. The Kier molecular flexibility index (Phi) is 4.03. The summed E-state index contributed by atoms with van der Waals surface area (Å²) in [5.41, 5.74) is 8.15. The van der Waals surface area contributed by atoms with Gasteiger partial charge in [0, 0.05) is 11.3 Å². The van der Waals surface area contributed by atoms with Gasteiger partial charge in [-0.1, -0.05) is 29.8 Å². The van der Waals surface area contributed by atoms with E-state index in [4.69, 9.17) is 5.73 Å². The topological polar surface area (TPSA) is 55.1 Å². The van der Waals surface area contributed by atoms with Crippen molar-refractivity contribution in [3.8, 4) is 0 Å². The number of nitrogens with one attached hydrogen (secondary N) is 1. The Hall–Kier alpha value is -2.36. The van der Waals surface area contributed by atoms with Gasteiger partial charge < -0.3 is 11.1 Å². The molecule has 1 atom stereocenters. The minimum Gasteiger partial charge on any atom is -0.399 e. The van der Waals surface area contributed by atoms with Crippen molar-refractivity contribution in [2.75, 3.05) is 5.73 Å². The number of aryl methyl sites for hydroxylation is 1. The Morgan fingerprint density at radius 2 is 1.85 bits per heavy atom. The summed E-state index contributed by atoms with van der Waals surface area (Å²) in [5.74, 6) is -0.859. The molecule has 20 heavy (non-hydrogen) atoms. The molecule has 0 aromatic heterocycles. The molecule has 0 bridgehead atoms. The van der Waals surface area contributed by atoms with E-state index in [1.807, 2.05) is 38.1 Å². The fourth-order valence-corrected chi connectivity index (χ4v) is 1.96. The van der Waals surface area contributed by atoms with Gasteiger partial charge in [0.2, 0.25) is 0 Å². The monoisotopic (exact) mass is 272 g/mol. The van der Waals surface area contributed by atoms with Crippen LogP contribution in [-0.4, -0.2) is 5.91 Å². The second-order valence-corrected chi connectivity index (χ2v) is 4.88. The molecule has 0 aliphatic carbocycles. The number of hydrogen-bond acceptors (Lipinski definition) is 2. The lowest BCUT2D eigenvalue weighted by Crippen LogP contribution is -2.26. The van der Waals surface area contributed by atoms with E-state index < -0.39 is 5.82 Å². The van der Waals surface area contributed by atoms with Crippen LogP contribution in [0.4, 0.5) is 10.1 Å². The molecular weight excluding hydrogens is 255 g/mol. The first-order chi connectivity index (χ1) is 9.45. The normalized spacial score (nSPS) is 11.9. The highest BCUT2D eigenvalue weighted by Gasteiger charge is 2.12. The minimum absolute atomic E-state index is 0.160. The lowest BCUT2D eigenvalue weighted by atomic mass is 10.1. The maximum atomic E-state index is 13.2. The second kappa shape index (κ2) is 5.74. The Balaban J connectivity index is 2.12. The molecule has 2 rings (SSSR count). The number of anilines is 1. The Labute approximate surface area is 117 Å². The van der Waals surface area contributed by atoms with Gasteiger partial charge in [-0.05, 0) is 37.6 Å². The van der Waals surface area contributed by atoms with E-state index in [9.17, 15) is 9.18 Å². The molecule has 0 saturated heterocycles. The van der Waals surface area contributed by atoms with Crippen molar-refractivity contribution in [3.63, 3.8) is 0 Å². The van der Waals surface area contributed by atoms with E-state index >= 15 is 0 Å². The van der Waals surface area contributed by atoms with Crippen molar-refractivity contribution in [2.24, 2.45) is 0 Å². The van der Waals surface area contributed by atoms with Gasteiger partial charge in [0.25, 0.3) is 5.91 Å². The number of nitrogen functional groups attached to an aromatic ring is 1. The first-order valence-corrected chi connectivity index (χ1v) is 6.39. The van der Waals surface area contributed by atoms with Crippen LogP contribution < -0.4 is 11.1 Å². The molecule has 2 aromatic rings. The summed E-state index contributed by atoms with van der Waals surface area (Å²) in [6.07, 6.45) is 0. The van der Waals surface area contributed by atoms with Crippen LogP contribution in [0.3, 0.4) is 0 Å². The molecule has 3 N–H and O–H groups in total. The SMILES string of the molecule is Cc1ccc(C(C)NC(=O)c2cc(N)cc(F)c2)cc1. The molecule has 0 fully saturated rings. The summed E-state index contributed by atoms with van der Waals surface area (Å²) in [7, 11) is 0. The number of amides is 1. The number of carbonyl (C=O) groups excluding carboxylic acids is 1. The fraction of sp³-hybridized carbons (Fsp3) is 0.188. The van der Waals surface area contributed by atoms with Crippen LogP contribution in [0.5, 0.6) is 0 Å². The summed E-state index contributed by atoms with van der Waals surface area (Å²) < 4.78 is 13.2. The van der Waals surface area contributed by atoms with Crippen LogP contribution in [0.25, 0.3) is 0 Å². The van der Waals surface area contributed by atoms with E-state index in [1.54, 1.807) is 0 Å². The molecule has 1 amide bonds. The fourth-order valence-electron chi connectivity index (χ4n) is 1.96. The highest BCUT2D eigenvalue weighted by molar-refractivity contribution is 5.95. The number of carbonyl (C=O) groups is 1. The van der Waals surface area contributed by atoms with Gasteiger partial charge in [-0.2, -0.15) is 0 Å². The molecule has 0 aliphatic heterocycles. The summed E-state index contributed by atoms with van der Waals surface area (Å²) in [4.78, 5) is 12.1. The van der Waals surface area contributed by atoms with Gasteiger partial charge in [0.05, 0.1) is 6.04 Å². The van der Waals surface area contributed by atoms with Gasteiger partial charge in [-0.15, -0.1) is 0 Å². The number of benzene rings is 2. The standard InChI is InChI=1S/C16H17FN2O/c1-10-3-5-12(6-4-10)11(2)19-16(20)13-7-14(17)9-15(18)8-13/h3-9,11H,18H2,1-2H3,(H,19,20). The Morgan fingerprint density at radius 1 is 1.20 bits per heavy atom. The quantitative estimate of drug-likeness (QED) is 0.843. The predicted octanol–water partition coefficient (Wildman–Crippen LogP) is 3.21. The van der Waals surface area contributed by atoms with E-state index in [2.05, 4.69) is 5.32 Å². The zero-order chi connectivity index (χ0) is 14.7. The van der Waals surface area contributed by atoms with E-state index in [0.717, 1.165) is 11.1 Å². The summed E-state index contributed by atoms with van der Waals surface area (Å²) in [5, 5.41) is 2.83. The zero-order valence-corrected chi connectivity index (χ0v) is 11.5. The smallest absolute Gasteiger partial charge is 0.251 e. The molecule has 4 heteroatoms. The van der Waals surface area contributed by atoms with E-state index in [0.29, 0.717) is 0 Å².